The Labute approximate surface area is 110 Å². The van der Waals surface area contributed by atoms with Gasteiger partial charge in [0.15, 0.2) is 0 Å². The standard InChI is InChI=1S/C13H14ClNOS/c1-9(15)13(10-6-7-17-8-10)16-12-4-2-11(14)3-5-12/h2-9,13H,15H2,1H3. The SMILES string of the molecule is CC(N)C(Oc1ccc(Cl)cc1)c1ccsc1. The van der Waals surface area contributed by atoms with Crippen LogP contribution in [0.4, 0.5) is 0 Å². The van der Waals surface area contributed by atoms with Crippen molar-refractivity contribution >= 4 is 22.9 Å². The Morgan fingerprint density at radius 2 is 1.94 bits per heavy atom. The summed E-state index contributed by atoms with van der Waals surface area (Å²) in [5.74, 6) is 0.780. The topological polar surface area (TPSA) is 35.2 Å². The first kappa shape index (κ1) is 12.4. The second-order valence-electron chi connectivity index (χ2n) is 3.91. The van der Waals surface area contributed by atoms with Crippen molar-refractivity contribution in [2.75, 3.05) is 0 Å². The van der Waals surface area contributed by atoms with E-state index in [9.17, 15) is 0 Å². The third kappa shape index (κ3) is 3.22. The van der Waals surface area contributed by atoms with Crippen LogP contribution < -0.4 is 10.5 Å². The van der Waals surface area contributed by atoms with Gasteiger partial charge in [-0.3, -0.25) is 0 Å². The Hall–Kier alpha value is -1.03. The highest BCUT2D eigenvalue weighted by atomic mass is 35.5. The maximum Gasteiger partial charge on any atom is 0.139 e. The maximum absolute atomic E-state index is 5.96. The van der Waals surface area contributed by atoms with Crippen molar-refractivity contribution in [2.24, 2.45) is 5.73 Å². The minimum Gasteiger partial charge on any atom is -0.484 e. The molecule has 0 bridgehead atoms. The normalized spacial score (nSPS) is 14.3. The van der Waals surface area contributed by atoms with E-state index in [2.05, 4.69) is 5.38 Å². The zero-order chi connectivity index (χ0) is 12.3. The molecule has 2 N–H and O–H groups in total. The molecular formula is C13H14ClNOS. The van der Waals surface area contributed by atoms with E-state index in [0.29, 0.717) is 5.02 Å². The highest BCUT2D eigenvalue weighted by Crippen LogP contribution is 2.26. The van der Waals surface area contributed by atoms with Crippen LogP contribution in [0.3, 0.4) is 0 Å². The fourth-order valence-corrected chi connectivity index (χ4v) is 2.39. The molecule has 0 radical (unpaired) electrons. The number of hydrogen-bond donors (Lipinski definition) is 1. The average molecular weight is 268 g/mol. The van der Waals surface area contributed by atoms with E-state index in [1.54, 1.807) is 11.3 Å². The van der Waals surface area contributed by atoms with Crippen LogP contribution in [0.25, 0.3) is 0 Å². The minimum absolute atomic E-state index is 0.0692. The van der Waals surface area contributed by atoms with Gasteiger partial charge in [0.25, 0.3) is 0 Å². The first-order valence-electron chi connectivity index (χ1n) is 5.36. The van der Waals surface area contributed by atoms with E-state index in [4.69, 9.17) is 22.1 Å². The molecule has 0 aliphatic rings. The number of rotatable bonds is 4. The zero-order valence-electron chi connectivity index (χ0n) is 9.47. The van der Waals surface area contributed by atoms with Gasteiger partial charge in [-0.15, -0.1) is 0 Å². The molecule has 4 heteroatoms. The Bertz CT molecular complexity index is 453. The van der Waals surface area contributed by atoms with Crippen LogP contribution in [0.5, 0.6) is 5.75 Å². The summed E-state index contributed by atoms with van der Waals surface area (Å²) in [5, 5.41) is 4.78. The monoisotopic (exact) mass is 267 g/mol. The molecule has 2 unspecified atom stereocenters. The summed E-state index contributed by atoms with van der Waals surface area (Å²) >= 11 is 7.47. The van der Waals surface area contributed by atoms with Gasteiger partial charge in [0, 0.05) is 16.6 Å². The second-order valence-corrected chi connectivity index (χ2v) is 5.12. The van der Waals surface area contributed by atoms with E-state index in [1.807, 2.05) is 42.6 Å². The van der Waals surface area contributed by atoms with Gasteiger partial charge in [0.05, 0.1) is 0 Å². The molecule has 2 nitrogen and oxygen atoms in total. The van der Waals surface area contributed by atoms with E-state index in [1.165, 1.54) is 0 Å². The molecule has 0 fully saturated rings. The van der Waals surface area contributed by atoms with Gasteiger partial charge in [-0.05, 0) is 48.0 Å². The molecule has 0 saturated heterocycles. The molecule has 90 valence electrons. The van der Waals surface area contributed by atoms with E-state index in [0.717, 1.165) is 11.3 Å². The van der Waals surface area contributed by atoms with Crippen LogP contribution in [0, 0.1) is 0 Å². The highest BCUT2D eigenvalue weighted by Gasteiger charge is 2.18. The van der Waals surface area contributed by atoms with Gasteiger partial charge >= 0.3 is 0 Å². The minimum atomic E-state index is -0.123. The van der Waals surface area contributed by atoms with Crippen LogP contribution in [0.15, 0.2) is 41.1 Å². The van der Waals surface area contributed by atoms with Crippen LogP contribution in [0.1, 0.15) is 18.6 Å². The predicted octanol–water partition coefficient (Wildman–Crippen LogP) is 3.87. The van der Waals surface area contributed by atoms with Crippen molar-refractivity contribution in [1.82, 2.24) is 0 Å². The third-order valence-electron chi connectivity index (χ3n) is 2.43. The van der Waals surface area contributed by atoms with Crippen LogP contribution in [-0.4, -0.2) is 6.04 Å². The van der Waals surface area contributed by atoms with E-state index >= 15 is 0 Å². The van der Waals surface area contributed by atoms with Crippen molar-refractivity contribution in [1.29, 1.82) is 0 Å². The number of hydrogen-bond acceptors (Lipinski definition) is 3. The van der Waals surface area contributed by atoms with Gasteiger partial charge in [-0.1, -0.05) is 11.6 Å². The van der Waals surface area contributed by atoms with Crippen molar-refractivity contribution < 1.29 is 4.74 Å². The van der Waals surface area contributed by atoms with Crippen molar-refractivity contribution in [3.8, 4) is 5.75 Å². The quantitative estimate of drug-likeness (QED) is 0.913. The molecule has 2 rings (SSSR count). The zero-order valence-corrected chi connectivity index (χ0v) is 11.0. The molecule has 0 aliphatic carbocycles. The number of ether oxygens (including phenoxy) is 1. The Balaban J connectivity index is 2.16. The van der Waals surface area contributed by atoms with E-state index in [-0.39, 0.29) is 12.1 Å². The smallest absolute Gasteiger partial charge is 0.139 e. The summed E-state index contributed by atoms with van der Waals surface area (Å²) in [7, 11) is 0. The summed E-state index contributed by atoms with van der Waals surface area (Å²) in [6.07, 6.45) is -0.123. The molecule has 0 amide bonds. The van der Waals surface area contributed by atoms with Crippen LogP contribution in [-0.2, 0) is 0 Å². The number of benzene rings is 1. The first-order valence-corrected chi connectivity index (χ1v) is 6.69. The average Bonchev–Trinajstić information content (AvgIpc) is 2.81. The second kappa shape index (κ2) is 5.54. The summed E-state index contributed by atoms with van der Waals surface area (Å²) in [6.45, 7) is 1.94. The molecule has 1 heterocycles. The largest absolute Gasteiger partial charge is 0.484 e. The lowest BCUT2D eigenvalue weighted by Gasteiger charge is -2.21. The fraction of sp³-hybridized carbons (Fsp3) is 0.231. The van der Waals surface area contributed by atoms with Gasteiger partial charge in [-0.25, -0.2) is 0 Å². The van der Waals surface area contributed by atoms with Gasteiger partial charge in [-0.2, -0.15) is 11.3 Å². The number of nitrogens with two attached hydrogens (primary N) is 1. The summed E-state index contributed by atoms with van der Waals surface area (Å²) in [4.78, 5) is 0. The maximum atomic E-state index is 5.96. The van der Waals surface area contributed by atoms with Crippen LogP contribution >= 0.6 is 22.9 Å². The molecule has 2 aromatic rings. The summed E-state index contributed by atoms with van der Waals surface area (Å²) in [6, 6.07) is 9.29. The van der Waals surface area contributed by atoms with Crippen molar-refractivity contribution in [2.45, 2.75) is 19.1 Å². The van der Waals surface area contributed by atoms with Gasteiger partial charge < -0.3 is 10.5 Å². The third-order valence-corrected chi connectivity index (χ3v) is 3.38. The van der Waals surface area contributed by atoms with Gasteiger partial charge in [0.1, 0.15) is 11.9 Å². The Morgan fingerprint density at radius 1 is 1.24 bits per heavy atom. The summed E-state index contributed by atoms with van der Waals surface area (Å²) < 4.78 is 5.90. The molecule has 1 aromatic carbocycles. The lowest BCUT2D eigenvalue weighted by Crippen LogP contribution is -2.28. The number of thiophene rings is 1. The van der Waals surface area contributed by atoms with E-state index < -0.39 is 0 Å². The molecule has 1 aromatic heterocycles. The highest BCUT2D eigenvalue weighted by molar-refractivity contribution is 7.07. The summed E-state index contributed by atoms with van der Waals surface area (Å²) in [5.41, 5.74) is 7.07. The lowest BCUT2D eigenvalue weighted by molar-refractivity contribution is 0.181. The number of halogens is 1. The Kier molecular flexibility index (Phi) is 4.05. The first-order chi connectivity index (χ1) is 8.16. The molecule has 0 saturated carbocycles. The molecule has 17 heavy (non-hydrogen) atoms. The van der Waals surface area contributed by atoms with Crippen molar-refractivity contribution in [3.63, 3.8) is 0 Å². The molecule has 0 aliphatic heterocycles. The van der Waals surface area contributed by atoms with Crippen LogP contribution in [0.2, 0.25) is 5.02 Å². The van der Waals surface area contributed by atoms with Crippen molar-refractivity contribution in [3.05, 3.63) is 51.7 Å². The van der Waals surface area contributed by atoms with Gasteiger partial charge in [0.2, 0.25) is 0 Å². The Morgan fingerprint density at radius 3 is 2.47 bits per heavy atom. The lowest BCUT2D eigenvalue weighted by atomic mass is 10.1. The predicted molar refractivity (Wildman–Crippen MR) is 72.8 cm³/mol. The molecular weight excluding hydrogens is 254 g/mol. The molecule has 2 atom stereocenters. The molecule has 0 spiro atoms. The fourth-order valence-electron chi connectivity index (χ4n) is 1.58.